The van der Waals surface area contributed by atoms with Gasteiger partial charge in [-0.1, -0.05) is 35.4 Å². The largest absolute Gasteiger partial charge is 0.292 e. The van der Waals surface area contributed by atoms with Crippen molar-refractivity contribution >= 4 is 23.2 Å². The minimum absolute atomic E-state index is 0.604. The molecule has 0 atom stereocenters. The quantitative estimate of drug-likeness (QED) is 0.758. The van der Waals surface area contributed by atoms with Crippen molar-refractivity contribution in [1.29, 1.82) is 0 Å². The summed E-state index contributed by atoms with van der Waals surface area (Å²) < 4.78 is 0. The maximum absolute atomic E-state index is 6.27. The van der Waals surface area contributed by atoms with Crippen molar-refractivity contribution in [3.8, 4) is 11.3 Å². The molecule has 1 heterocycles. The Bertz CT molecular complexity index is 624. The molecule has 0 aliphatic carbocycles. The van der Waals surface area contributed by atoms with Crippen molar-refractivity contribution in [2.24, 2.45) is 0 Å². The third-order valence-corrected chi connectivity index (χ3v) is 3.63. The zero-order chi connectivity index (χ0) is 15.2. The maximum atomic E-state index is 6.27. The van der Waals surface area contributed by atoms with E-state index in [0.29, 0.717) is 10.0 Å². The minimum Gasteiger partial charge on any atom is -0.292 e. The van der Waals surface area contributed by atoms with Gasteiger partial charge in [0, 0.05) is 35.8 Å². The number of aromatic nitrogens is 2. The molecule has 0 spiro atoms. The molecule has 0 amide bonds. The Morgan fingerprint density at radius 2 is 1.90 bits per heavy atom. The zero-order valence-electron chi connectivity index (χ0n) is 11.6. The molecular formula is C16H17Cl2N3. The predicted octanol–water partition coefficient (Wildman–Crippen LogP) is 4.56. The Morgan fingerprint density at radius 1 is 1.19 bits per heavy atom. The molecule has 110 valence electrons. The standard InChI is InChI=1S/C16H17Cl2N3/c1-3-7-21(8-4-2)11-12-10-19-20-16(12)14-6-5-13(17)9-15(14)18/h3-6,9-10H,1-2,7-8,11H2,(H,19,20). The molecule has 0 bridgehead atoms. The normalized spacial score (nSPS) is 10.8. The number of hydrogen-bond acceptors (Lipinski definition) is 2. The van der Waals surface area contributed by atoms with E-state index in [1.54, 1.807) is 6.07 Å². The van der Waals surface area contributed by atoms with Gasteiger partial charge in [-0.2, -0.15) is 5.10 Å². The van der Waals surface area contributed by atoms with E-state index >= 15 is 0 Å². The molecule has 21 heavy (non-hydrogen) atoms. The van der Waals surface area contributed by atoms with E-state index in [1.165, 1.54) is 0 Å². The van der Waals surface area contributed by atoms with Crippen LogP contribution in [0.15, 0.2) is 49.7 Å². The van der Waals surface area contributed by atoms with Crippen LogP contribution >= 0.6 is 23.2 Å². The number of hydrogen-bond donors (Lipinski definition) is 1. The fourth-order valence-electron chi connectivity index (χ4n) is 2.17. The van der Waals surface area contributed by atoms with Crippen LogP contribution in [0.2, 0.25) is 10.0 Å². The van der Waals surface area contributed by atoms with Crippen molar-refractivity contribution < 1.29 is 0 Å². The summed E-state index contributed by atoms with van der Waals surface area (Å²) >= 11 is 12.2. The molecule has 2 rings (SSSR count). The Morgan fingerprint density at radius 3 is 2.52 bits per heavy atom. The first-order valence-electron chi connectivity index (χ1n) is 6.57. The van der Waals surface area contributed by atoms with Crippen molar-refractivity contribution in [1.82, 2.24) is 15.1 Å². The molecule has 0 aliphatic rings. The van der Waals surface area contributed by atoms with Crippen molar-refractivity contribution in [3.05, 3.63) is 65.3 Å². The molecule has 0 radical (unpaired) electrons. The lowest BCUT2D eigenvalue weighted by Gasteiger charge is -2.18. The van der Waals surface area contributed by atoms with Gasteiger partial charge in [-0.25, -0.2) is 0 Å². The number of H-pyrrole nitrogens is 1. The molecule has 5 heteroatoms. The van der Waals surface area contributed by atoms with Gasteiger partial charge in [0.2, 0.25) is 0 Å². The number of nitrogens with zero attached hydrogens (tertiary/aromatic N) is 2. The number of aromatic amines is 1. The van der Waals surface area contributed by atoms with Crippen LogP contribution in [0.3, 0.4) is 0 Å². The first-order valence-corrected chi connectivity index (χ1v) is 7.33. The van der Waals surface area contributed by atoms with Crippen molar-refractivity contribution in [3.63, 3.8) is 0 Å². The highest BCUT2D eigenvalue weighted by molar-refractivity contribution is 6.36. The highest BCUT2D eigenvalue weighted by Gasteiger charge is 2.13. The van der Waals surface area contributed by atoms with E-state index in [1.807, 2.05) is 30.5 Å². The molecule has 0 unspecified atom stereocenters. The Balaban J connectivity index is 2.29. The first-order chi connectivity index (χ1) is 10.2. The summed E-state index contributed by atoms with van der Waals surface area (Å²) in [5, 5.41) is 8.38. The molecule has 0 aliphatic heterocycles. The summed E-state index contributed by atoms with van der Waals surface area (Å²) in [4.78, 5) is 2.21. The number of nitrogens with one attached hydrogen (secondary N) is 1. The van der Waals surface area contributed by atoms with Crippen LogP contribution in [-0.4, -0.2) is 28.2 Å². The fourth-order valence-corrected chi connectivity index (χ4v) is 2.67. The third kappa shape index (κ3) is 3.97. The Labute approximate surface area is 134 Å². The first kappa shape index (κ1) is 15.8. The zero-order valence-corrected chi connectivity index (χ0v) is 13.2. The molecule has 1 aromatic heterocycles. The van der Waals surface area contributed by atoms with E-state index in [-0.39, 0.29) is 0 Å². The second-order valence-corrected chi connectivity index (χ2v) is 5.51. The van der Waals surface area contributed by atoms with E-state index in [0.717, 1.165) is 36.5 Å². The monoisotopic (exact) mass is 321 g/mol. The van der Waals surface area contributed by atoms with Gasteiger partial charge in [-0.05, 0) is 18.2 Å². The highest BCUT2D eigenvalue weighted by Crippen LogP contribution is 2.31. The number of halogens is 2. The summed E-state index contributed by atoms with van der Waals surface area (Å²) in [6.07, 6.45) is 5.57. The van der Waals surface area contributed by atoms with Gasteiger partial charge in [-0.15, -0.1) is 13.2 Å². The lowest BCUT2D eigenvalue weighted by molar-refractivity contribution is 0.328. The molecule has 0 saturated heterocycles. The van der Waals surface area contributed by atoms with Gasteiger partial charge in [0.1, 0.15) is 0 Å². The average molecular weight is 322 g/mol. The fraction of sp³-hybridized carbons (Fsp3) is 0.188. The van der Waals surface area contributed by atoms with E-state index < -0.39 is 0 Å². The molecule has 1 N–H and O–H groups in total. The second-order valence-electron chi connectivity index (χ2n) is 4.67. The molecule has 2 aromatic rings. The minimum atomic E-state index is 0.604. The smallest absolute Gasteiger partial charge is 0.0710 e. The van der Waals surface area contributed by atoms with Crippen LogP contribution in [0.5, 0.6) is 0 Å². The second kappa shape index (κ2) is 7.46. The Hall–Kier alpha value is -1.55. The lowest BCUT2D eigenvalue weighted by Crippen LogP contribution is -2.23. The van der Waals surface area contributed by atoms with Crippen LogP contribution in [0.25, 0.3) is 11.3 Å². The van der Waals surface area contributed by atoms with Gasteiger partial charge in [0.25, 0.3) is 0 Å². The summed E-state index contributed by atoms with van der Waals surface area (Å²) in [5.74, 6) is 0. The predicted molar refractivity (Wildman–Crippen MR) is 89.7 cm³/mol. The van der Waals surface area contributed by atoms with Crippen molar-refractivity contribution in [2.75, 3.05) is 13.1 Å². The third-order valence-electron chi connectivity index (χ3n) is 3.09. The van der Waals surface area contributed by atoms with Crippen LogP contribution < -0.4 is 0 Å². The topological polar surface area (TPSA) is 31.9 Å². The van der Waals surface area contributed by atoms with Gasteiger partial charge in [-0.3, -0.25) is 10.00 Å². The van der Waals surface area contributed by atoms with Crippen LogP contribution in [0.4, 0.5) is 0 Å². The van der Waals surface area contributed by atoms with Gasteiger partial charge in [0.05, 0.1) is 16.9 Å². The van der Waals surface area contributed by atoms with Crippen molar-refractivity contribution in [2.45, 2.75) is 6.54 Å². The molecular weight excluding hydrogens is 305 g/mol. The van der Waals surface area contributed by atoms with Gasteiger partial charge in [0.15, 0.2) is 0 Å². The SMILES string of the molecule is C=CCN(CC=C)Cc1cn[nH]c1-c1ccc(Cl)cc1Cl. The van der Waals surface area contributed by atoms with Crippen LogP contribution in [-0.2, 0) is 6.54 Å². The summed E-state index contributed by atoms with van der Waals surface area (Å²) in [7, 11) is 0. The average Bonchev–Trinajstić information content (AvgIpc) is 2.87. The number of benzene rings is 1. The molecule has 0 fully saturated rings. The van der Waals surface area contributed by atoms with E-state index in [4.69, 9.17) is 23.2 Å². The lowest BCUT2D eigenvalue weighted by atomic mass is 10.1. The molecule has 3 nitrogen and oxygen atoms in total. The molecule has 1 aromatic carbocycles. The van der Waals surface area contributed by atoms with Crippen LogP contribution in [0, 0.1) is 0 Å². The Kier molecular flexibility index (Phi) is 5.62. The maximum Gasteiger partial charge on any atom is 0.0710 e. The summed E-state index contributed by atoms with van der Waals surface area (Å²) in [6, 6.07) is 5.44. The van der Waals surface area contributed by atoms with Gasteiger partial charge < -0.3 is 0 Å². The van der Waals surface area contributed by atoms with Gasteiger partial charge >= 0.3 is 0 Å². The van der Waals surface area contributed by atoms with E-state index in [2.05, 4.69) is 28.3 Å². The molecule has 0 saturated carbocycles. The highest BCUT2D eigenvalue weighted by atomic mass is 35.5. The summed E-state index contributed by atoms with van der Waals surface area (Å²) in [6.45, 7) is 9.87. The van der Waals surface area contributed by atoms with E-state index in [9.17, 15) is 0 Å². The number of rotatable bonds is 7. The summed E-state index contributed by atoms with van der Waals surface area (Å²) in [5.41, 5.74) is 2.88. The van der Waals surface area contributed by atoms with Crippen LogP contribution in [0.1, 0.15) is 5.56 Å².